The van der Waals surface area contributed by atoms with Gasteiger partial charge in [0.15, 0.2) is 0 Å². The van der Waals surface area contributed by atoms with Crippen molar-refractivity contribution in [3.63, 3.8) is 0 Å². The molecule has 0 bridgehead atoms. The minimum Gasteiger partial charge on any atom is -0.496 e. The molecule has 2 amide bonds. The highest BCUT2D eigenvalue weighted by atomic mass is 32.2. The predicted octanol–water partition coefficient (Wildman–Crippen LogP) is 5.86. The van der Waals surface area contributed by atoms with Gasteiger partial charge in [-0.05, 0) is 53.5 Å². The van der Waals surface area contributed by atoms with Crippen molar-refractivity contribution in [1.29, 1.82) is 0 Å². The lowest BCUT2D eigenvalue weighted by Crippen LogP contribution is -2.23. The van der Waals surface area contributed by atoms with Crippen LogP contribution in [0.4, 0.5) is 5.69 Å². The zero-order valence-corrected chi connectivity index (χ0v) is 25.9. The van der Waals surface area contributed by atoms with Crippen molar-refractivity contribution < 1.29 is 27.5 Å². The number of carbonyl (C=O) groups is 2. The van der Waals surface area contributed by atoms with Crippen LogP contribution >= 0.6 is 0 Å². The Hall–Kier alpha value is -3.07. The Labute approximate surface area is 240 Å². The second-order valence-electron chi connectivity index (χ2n) is 11.3. The lowest BCUT2D eigenvalue weighted by atomic mass is 9.84. The van der Waals surface area contributed by atoms with Gasteiger partial charge in [-0.2, -0.15) is 0 Å². The summed E-state index contributed by atoms with van der Waals surface area (Å²) in [5, 5.41) is 5.73. The molecule has 0 heterocycles. The Morgan fingerprint density at radius 2 is 1.75 bits per heavy atom. The number of ether oxygens (including phenoxy) is 2. The van der Waals surface area contributed by atoms with E-state index in [4.69, 9.17) is 9.47 Å². The summed E-state index contributed by atoms with van der Waals surface area (Å²) in [6.07, 6.45) is 5.78. The lowest BCUT2D eigenvalue weighted by Gasteiger charge is -2.25. The molecule has 1 atom stereocenters. The van der Waals surface area contributed by atoms with E-state index in [1.165, 1.54) is 6.26 Å². The summed E-state index contributed by atoms with van der Waals surface area (Å²) >= 11 is 0. The molecule has 2 rings (SSSR count). The number of sulfone groups is 1. The van der Waals surface area contributed by atoms with Crippen LogP contribution < -0.4 is 20.1 Å². The first-order chi connectivity index (χ1) is 18.8. The van der Waals surface area contributed by atoms with Crippen molar-refractivity contribution in [1.82, 2.24) is 5.32 Å². The van der Waals surface area contributed by atoms with Gasteiger partial charge < -0.3 is 20.1 Å². The molecule has 0 aliphatic carbocycles. The molecule has 0 fully saturated rings. The third-order valence-electron chi connectivity index (χ3n) is 6.75. The van der Waals surface area contributed by atoms with Gasteiger partial charge in [-0.25, -0.2) is 8.42 Å². The van der Waals surface area contributed by atoms with E-state index in [0.717, 1.165) is 36.8 Å². The standard InChI is InChI=1S/C31H46N2O6S/c1-8-9-10-12-22(25-15-14-24(21-28(25)38-6)39-17-11-18-40(7,36)37)20-29(34)33-27-19-23(30(35)32-5)13-16-26(27)31(2,3)4/h13-16,19,21-22H,8-12,17-18,20H2,1-7H3,(H,32,35)(H,33,34). The highest BCUT2D eigenvalue weighted by Gasteiger charge is 2.24. The summed E-state index contributed by atoms with van der Waals surface area (Å²) in [6, 6.07) is 11.0. The number of carbonyl (C=O) groups excluding carboxylic acids is 2. The van der Waals surface area contributed by atoms with Crippen LogP contribution in [-0.2, 0) is 20.0 Å². The first kappa shape index (κ1) is 33.1. The van der Waals surface area contributed by atoms with Gasteiger partial charge in [0.25, 0.3) is 5.91 Å². The highest BCUT2D eigenvalue weighted by Crippen LogP contribution is 2.37. The molecule has 1 unspecified atom stereocenters. The fourth-order valence-electron chi connectivity index (χ4n) is 4.65. The summed E-state index contributed by atoms with van der Waals surface area (Å²) < 4.78 is 34.2. The molecule has 0 radical (unpaired) electrons. The molecule has 9 heteroatoms. The molecule has 0 spiro atoms. The third-order valence-corrected chi connectivity index (χ3v) is 7.78. The SMILES string of the molecule is CCCCCC(CC(=O)Nc1cc(C(=O)NC)ccc1C(C)(C)C)c1ccc(OCCCS(C)(=O)=O)cc1OC. The summed E-state index contributed by atoms with van der Waals surface area (Å²) in [4.78, 5) is 25.7. The smallest absolute Gasteiger partial charge is 0.251 e. The van der Waals surface area contributed by atoms with Crippen LogP contribution in [0.15, 0.2) is 36.4 Å². The molecule has 8 nitrogen and oxygen atoms in total. The van der Waals surface area contributed by atoms with Gasteiger partial charge in [-0.1, -0.05) is 59.1 Å². The predicted molar refractivity (Wildman–Crippen MR) is 161 cm³/mol. The van der Waals surface area contributed by atoms with Crippen LogP contribution in [0.2, 0.25) is 0 Å². The number of methoxy groups -OCH3 is 1. The maximum atomic E-state index is 13.5. The topological polar surface area (TPSA) is 111 Å². The van der Waals surface area contributed by atoms with Crippen LogP contribution in [-0.4, -0.2) is 53.0 Å². The molecule has 2 aromatic carbocycles. The molecule has 0 aliphatic rings. The Morgan fingerprint density at radius 3 is 2.35 bits per heavy atom. The maximum Gasteiger partial charge on any atom is 0.251 e. The number of rotatable bonds is 15. The first-order valence-corrected chi connectivity index (χ1v) is 16.0. The average Bonchev–Trinajstić information content (AvgIpc) is 2.88. The van der Waals surface area contributed by atoms with Gasteiger partial charge in [0.2, 0.25) is 5.91 Å². The van der Waals surface area contributed by atoms with E-state index >= 15 is 0 Å². The summed E-state index contributed by atoms with van der Waals surface area (Å²) in [5.41, 5.74) is 2.76. The fourth-order valence-corrected chi connectivity index (χ4v) is 5.29. The van der Waals surface area contributed by atoms with Gasteiger partial charge in [-0.3, -0.25) is 9.59 Å². The maximum absolute atomic E-state index is 13.5. The number of amides is 2. The van der Waals surface area contributed by atoms with E-state index in [1.54, 1.807) is 32.4 Å². The van der Waals surface area contributed by atoms with Crippen LogP contribution in [0.1, 0.15) is 93.6 Å². The van der Waals surface area contributed by atoms with Gasteiger partial charge >= 0.3 is 0 Å². The van der Waals surface area contributed by atoms with Crippen molar-refractivity contribution in [2.45, 2.75) is 77.6 Å². The third kappa shape index (κ3) is 10.5. The zero-order chi connectivity index (χ0) is 29.9. The van der Waals surface area contributed by atoms with E-state index in [2.05, 4.69) is 38.3 Å². The molecule has 0 aromatic heterocycles. The molecule has 2 N–H and O–H groups in total. The lowest BCUT2D eigenvalue weighted by molar-refractivity contribution is -0.116. The number of nitrogens with one attached hydrogen (secondary N) is 2. The second-order valence-corrected chi connectivity index (χ2v) is 13.5. The second kappa shape index (κ2) is 15.1. The van der Waals surface area contributed by atoms with Crippen molar-refractivity contribution in [2.75, 3.05) is 38.1 Å². The number of unbranched alkanes of at least 4 members (excludes halogenated alkanes) is 2. The van der Waals surface area contributed by atoms with E-state index in [9.17, 15) is 18.0 Å². The Morgan fingerprint density at radius 1 is 1.02 bits per heavy atom. The number of hydrogen-bond donors (Lipinski definition) is 2. The molecule has 0 saturated heterocycles. The van der Waals surface area contributed by atoms with Crippen molar-refractivity contribution in [2.24, 2.45) is 0 Å². The van der Waals surface area contributed by atoms with Crippen LogP contribution in [0, 0.1) is 0 Å². The molecule has 2 aromatic rings. The zero-order valence-electron chi connectivity index (χ0n) is 25.1. The Bertz CT molecular complexity index is 1250. The number of hydrogen-bond acceptors (Lipinski definition) is 6. The molecule has 222 valence electrons. The van der Waals surface area contributed by atoms with Crippen LogP contribution in [0.5, 0.6) is 11.5 Å². The van der Waals surface area contributed by atoms with Gasteiger partial charge in [-0.15, -0.1) is 0 Å². The van der Waals surface area contributed by atoms with Crippen molar-refractivity contribution in [3.8, 4) is 11.5 Å². The molecular formula is C31H46N2O6S. The minimum atomic E-state index is -3.04. The van der Waals surface area contributed by atoms with E-state index < -0.39 is 9.84 Å². The minimum absolute atomic E-state index is 0.0692. The summed E-state index contributed by atoms with van der Waals surface area (Å²) in [6.45, 7) is 8.64. The van der Waals surface area contributed by atoms with Crippen LogP contribution in [0.25, 0.3) is 0 Å². The molecular weight excluding hydrogens is 528 g/mol. The average molecular weight is 575 g/mol. The Kier molecular flexibility index (Phi) is 12.5. The van der Waals surface area contributed by atoms with Gasteiger partial charge in [0.1, 0.15) is 21.3 Å². The van der Waals surface area contributed by atoms with E-state index in [0.29, 0.717) is 29.2 Å². The van der Waals surface area contributed by atoms with Gasteiger partial charge in [0.05, 0.1) is 19.5 Å². The summed E-state index contributed by atoms with van der Waals surface area (Å²) in [7, 11) is 0.138. The Balaban J connectivity index is 2.28. The van der Waals surface area contributed by atoms with Crippen molar-refractivity contribution >= 4 is 27.3 Å². The van der Waals surface area contributed by atoms with Gasteiger partial charge in [0, 0.05) is 37.0 Å². The summed E-state index contributed by atoms with van der Waals surface area (Å²) in [5.74, 6) is 0.861. The molecule has 0 saturated carbocycles. The molecule has 0 aliphatic heterocycles. The monoisotopic (exact) mass is 574 g/mol. The van der Waals surface area contributed by atoms with E-state index in [1.807, 2.05) is 18.2 Å². The fraction of sp³-hybridized carbons (Fsp3) is 0.548. The highest BCUT2D eigenvalue weighted by molar-refractivity contribution is 7.90. The normalized spacial score (nSPS) is 12.5. The largest absolute Gasteiger partial charge is 0.496 e. The first-order valence-electron chi connectivity index (χ1n) is 13.9. The molecule has 40 heavy (non-hydrogen) atoms. The quantitative estimate of drug-likeness (QED) is 0.258. The number of anilines is 1. The van der Waals surface area contributed by atoms with Crippen LogP contribution in [0.3, 0.4) is 0 Å². The van der Waals surface area contributed by atoms with E-state index in [-0.39, 0.29) is 41.9 Å². The number of benzene rings is 2. The van der Waals surface area contributed by atoms with Crippen molar-refractivity contribution in [3.05, 3.63) is 53.1 Å².